The first-order valence-corrected chi connectivity index (χ1v) is 6.89. The van der Waals surface area contributed by atoms with E-state index in [4.69, 9.17) is 5.11 Å². The number of rotatable bonds is 8. The predicted molar refractivity (Wildman–Crippen MR) is 77.4 cm³/mol. The number of Topliss-reactive ketones (excluding diaryl/α,β-unsaturated/α-hetero) is 1. The van der Waals surface area contributed by atoms with E-state index in [1.54, 1.807) is 13.8 Å². The third-order valence-corrected chi connectivity index (χ3v) is 2.50. The highest BCUT2D eigenvalue weighted by molar-refractivity contribution is 5.93. The molecule has 0 radical (unpaired) electrons. The van der Waals surface area contributed by atoms with Gasteiger partial charge in [0, 0.05) is 0 Å². The fourth-order valence-corrected chi connectivity index (χ4v) is 1.35. The lowest BCUT2D eigenvalue weighted by atomic mass is 10.0. The van der Waals surface area contributed by atoms with Gasteiger partial charge in [0.05, 0.1) is 6.61 Å². The van der Waals surface area contributed by atoms with Gasteiger partial charge in [0.25, 0.3) is 0 Å². The van der Waals surface area contributed by atoms with Gasteiger partial charge in [-0.05, 0) is 32.3 Å². The fourth-order valence-electron chi connectivity index (χ4n) is 1.35. The van der Waals surface area contributed by atoms with Crippen LogP contribution in [0.5, 0.6) is 0 Å². The number of esters is 1. The van der Waals surface area contributed by atoms with Gasteiger partial charge in [0.1, 0.15) is 0 Å². The molecule has 116 valence electrons. The maximum atomic E-state index is 11.0. The van der Waals surface area contributed by atoms with E-state index in [1.807, 2.05) is 13.8 Å². The maximum Gasteiger partial charge on any atom is 0.320 e. The molecule has 0 aromatic rings. The van der Waals surface area contributed by atoms with Gasteiger partial charge in [-0.1, -0.05) is 33.3 Å². The minimum atomic E-state index is -1.10. The van der Waals surface area contributed by atoms with Gasteiger partial charge in [0.15, 0.2) is 11.7 Å². The Hall–Kier alpha value is -1.65. The molecular formula is C15H26O5. The molecule has 1 atom stereocenters. The van der Waals surface area contributed by atoms with Gasteiger partial charge in [-0.15, -0.1) is 0 Å². The lowest BCUT2D eigenvalue weighted by molar-refractivity contribution is -0.158. The third kappa shape index (κ3) is 10.3. The topological polar surface area (TPSA) is 80.7 Å². The molecule has 0 aliphatic heterocycles. The van der Waals surface area contributed by atoms with Crippen molar-refractivity contribution in [3.63, 3.8) is 0 Å². The molecule has 0 rings (SSSR count). The number of aliphatic carboxylic acids is 1. The second-order valence-corrected chi connectivity index (χ2v) is 4.34. The second-order valence-electron chi connectivity index (χ2n) is 4.34. The summed E-state index contributed by atoms with van der Waals surface area (Å²) in [5, 5.41) is 8.60. The van der Waals surface area contributed by atoms with E-state index in [-0.39, 0.29) is 12.4 Å². The zero-order chi connectivity index (χ0) is 16.1. The van der Waals surface area contributed by atoms with E-state index in [0.29, 0.717) is 12.8 Å². The van der Waals surface area contributed by atoms with Crippen LogP contribution in [0.1, 0.15) is 53.4 Å². The number of carboxylic acids is 1. The van der Waals surface area contributed by atoms with Crippen LogP contribution in [0.15, 0.2) is 12.2 Å². The Balaban J connectivity index is 0. The molecule has 0 fully saturated rings. The molecule has 5 heteroatoms. The van der Waals surface area contributed by atoms with Gasteiger partial charge in [-0.3, -0.25) is 14.4 Å². The van der Waals surface area contributed by atoms with Crippen molar-refractivity contribution in [1.82, 2.24) is 0 Å². The monoisotopic (exact) mass is 286 g/mol. The van der Waals surface area contributed by atoms with Crippen LogP contribution in [0.2, 0.25) is 0 Å². The minimum Gasteiger partial charge on any atom is -0.481 e. The van der Waals surface area contributed by atoms with Crippen molar-refractivity contribution in [2.45, 2.75) is 53.4 Å². The van der Waals surface area contributed by atoms with E-state index in [2.05, 4.69) is 11.3 Å². The Morgan fingerprint density at radius 2 is 1.70 bits per heavy atom. The molecule has 1 unspecified atom stereocenters. The highest BCUT2D eigenvalue weighted by Crippen LogP contribution is 2.08. The van der Waals surface area contributed by atoms with Gasteiger partial charge in [0.2, 0.25) is 0 Å². The molecule has 0 aromatic heterocycles. The molecule has 0 bridgehead atoms. The number of carboxylic acid groups (broad SMARTS) is 1. The lowest BCUT2D eigenvalue weighted by Gasteiger charge is -2.08. The van der Waals surface area contributed by atoms with Gasteiger partial charge < -0.3 is 9.84 Å². The largest absolute Gasteiger partial charge is 0.481 e. The van der Waals surface area contributed by atoms with Crippen molar-refractivity contribution in [3.8, 4) is 0 Å². The number of hydrogen-bond acceptors (Lipinski definition) is 4. The van der Waals surface area contributed by atoms with Gasteiger partial charge in [-0.2, -0.15) is 0 Å². The average molecular weight is 286 g/mol. The third-order valence-electron chi connectivity index (χ3n) is 2.50. The van der Waals surface area contributed by atoms with Crippen molar-refractivity contribution in [3.05, 3.63) is 12.2 Å². The summed E-state index contributed by atoms with van der Waals surface area (Å²) >= 11 is 0. The van der Waals surface area contributed by atoms with Crippen LogP contribution in [0.3, 0.4) is 0 Å². The van der Waals surface area contributed by atoms with Crippen molar-refractivity contribution in [2.24, 2.45) is 5.92 Å². The SMILES string of the molecule is C=C(CCC)C(C)=O.CCCC(C(=O)O)C(=O)OCC. The molecule has 1 N–H and O–H groups in total. The lowest BCUT2D eigenvalue weighted by Crippen LogP contribution is -2.25. The molecule has 0 spiro atoms. The number of carbonyl (C=O) groups is 3. The van der Waals surface area contributed by atoms with Crippen molar-refractivity contribution >= 4 is 17.7 Å². The molecule has 0 heterocycles. The molecule has 20 heavy (non-hydrogen) atoms. The first-order chi connectivity index (χ1) is 9.31. The van der Waals surface area contributed by atoms with Gasteiger partial charge >= 0.3 is 11.9 Å². The van der Waals surface area contributed by atoms with E-state index >= 15 is 0 Å². The molecule has 0 amide bonds. The second kappa shape index (κ2) is 12.4. The van der Waals surface area contributed by atoms with E-state index in [9.17, 15) is 14.4 Å². The number of allylic oxidation sites excluding steroid dienone is 1. The summed E-state index contributed by atoms with van der Waals surface area (Å²) < 4.78 is 4.60. The quantitative estimate of drug-likeness (QED) is 0.421. The van der Waals surface area contributed by atoms with E-state index in [1.165, 1.54) is 0 Å². The van der Waals surface area contributed by atoms with E-state index < -0.39 is 17.9 Å². The summed E-state index contributed by atoms with van der Waals surface area (Å²) in [6, 6.07) is 0. The highest BCUT2D eigenvalue weighted by Gasteiger charge is 2.26. The van der Waals surface area contributed by atoms with Crippen LogP contribution in [0.25, 0.3) is 0 Å². The fraction of sp³-hybridized carbons (Fsp3) is 0.667. The zero-order valence-electron chi connectivity index (χ0n) is 12.9. The summed E-state index contributed by atoms with van der Waals surface area (Å²) in [4.78, 5) is 31.9. The summed E-state index contributed by atoms with van der Waals surface area (Å²) in [6.07, 6.45) is 2.86. The van der Waals surface area contributed by atoms with Crippen LogP contribution in [-0.2, 0) is 19.1 Å². The summed E-state index contributed by atoms with van der Waals surface area (Å²) in [5.74, 6) is -2.61. The Morgan fingerprint density at radius 1 is 1.15 bits per heavy atom. The summed E-state index contributed by atoms with van der Waals surface area (Å²) in [6.45, 7) is 10.9. The van der Waals surface area contributed by atoms with Crippen molar-refractivity contribution in [1.29, 1.82) is 0 Å². The van der Waals surface area contributed by atoms with Crippen LogP contribution in [0.4, 0.5) is 0 Å². The van der Waals surface area contributed by atoms with Gasteiger partial charge in [-0.25, -0.2) is 0 Å². The number of ketones is 1. The zero-order valence-corrected chi connectivity index (χ0v) is 12.9. The van der Waals surface area contributed by atoms with Crippen molar-refractivity contribution < 1.29 is 24.2 Å². The average Bonchev–Trinajstić information content (AvgIpc) is 2.36. The molecular weight excluding hydrogens is 260 g/mol. The molecule has 0 aliphatic carbocycles. The van der Waals surface area contributed by atoms with Crippen molar-refractivity contribution in [2.75, 3.05) is 6.61 Å². The summed E-state index contributed by atoms with van der Waals surface area (Å²) in [7, 11) is 0. The first kappa shape index (κ1) is 20.7. The smallest absolute Gasteiger partial charge is 0.320 e. The molecule has 0 saturated heterocycles. The Kier molecular flexibility index (Phi) is 12.8. The number of ether oxygens (including phenoxy) is 1. The normalized spacial score (nSPS) is 10.8. The Bertz CT molecular complexity index is 333. The molecule has 0 aromatic carbocycles. The molecule has 5 nitrogen and oxygen atoms in total. The highest BCUT2D eigenvalue weighted by atomic mass is 16.5. The maximum absolute atomic E-state index is 11.0. The Morgan fingerprint density at radius 3 is 1.95 bits per heavy atom. The van der Waals surface area contributed by atoms with Crippen LogP contribution >= 0.6 is 0 Å². The Labute approximate surface area is 121 Å². The minimum absolute atomic E-state index is 0.117. The standard InChI is InChI=1S/C8H14O4.C7H12O/c1-3-5-6(7(9)10)8(11)12-4-2;1-4-5-6(2)7(3)8/h6H,3-5H2,1-2H3,(H,9,10);2,4-5H2,1,3H3. The van der Waals surface area contributed by atoms with Crippen LogP contribution < -0.4 is 0 Å². The molecule has 0 aliphatic rings. The van der Waals surface area contributed by atoms with E-state index in [0.717, 1.165) is 18.4 Å². The first-order valence-electron chi connectivity index (χ1n) is 6.89. The van der Waals surface area contributed by atoms with Crippen LogP contribution in [0, 0.1) is 5.92 Å². The number of hydrogen-bond donors (Lipinski definition) is 1. The summed E-state index contributed by atoms with van der Waals surface area (Å²) in [5.41, 5.74) is 0.743. The molecule has 0 saturated carbocycles. The van der Waals surface area contributed by atoms with Crippen LogP contribution in [-0.4, -0.2) is 29.4 Å². The number of carbonyl (C=O) groups excluding carboxylic acids is 2. The predicted octanol–water partition coefficient (Wildman–Crippen LogP) is 2.98.